The Kier molecular flexibility index (Phi) is 4.22. The van der Waals surface area contributed by atoms with Gasteiger partial charge in [0.1, 0.15) is 0 Å². The van der Waals surface area contributed by atoms with Crippen molar-refractivity contribution < 1.29 is 4.74 Å². The summed E-state index contributed by atoms with van der Waals surface area (Å²) >= 11 is 0. The van der Waals surface area contributed by atoms with Crippen LogP contribution in [0.3, 0.4) is 0 Å². The van der Waals surface area contributed by atoms with Gasteiger partial charge >= 0.3 is 0 Å². The second-order valence-electron chi connectivity index (χ2n) is 4.28. The molecule has 1 aromatic rings. The van der Waals surface area contributed by atoms with E-state index in [-0.39, 0.29) is 0 Å². The standard InChI is InChI=1S/C12H21N3O/c1-2-15-9-8-14-12(15)16-10-6-11-5-3-4-7-13-11/h8-9,11,13H,2-7,10H2,1H3. The molecule has 1 aliphatic heterocycles. The fourth-order valence-corrected chi connectivity index (χ4v) is 2.14. The second-order valence-corrected chi connectivity index (χ2v) is 4.28. The number of nitrogens with one attached hydrogen (secondary N) is 1. The molecule has 1 saturated heterocycles. The maximum absolute atomic E-state index is 5.68. The predicted octanol–water partition coefficient (Wildman–Crippen LogP) is 1.81. The normalized spacial score (nSPS) is 20.9. The Bertz CT molecular complexity index is 305. The largest absolute Gasteiger partial charge is 0.465 e. The van der Waals surface area contributed by atoms with Crippen molar-refractivity contribution in [2.45, 2.75) is 45.2 Å². The highest BCUT2D eigenvalue weighted by molar-refractivity contribution is 4.97. The van der Waals surface area contributed by atoms with Crippen LogP contribution in [0.1, 0.15) is 32.6 Å². The number of nitrogens with zero attached hydrogens (tertiary/aromatic N) is 2. The van der Waals surface area contributed by atoms with Crippen LogP contribution in [0, 0.1) is 0 Å². The topological polar surface area (TPSA) is 39.1 Å². The lowest BCUT2D eigenvalue weighted by atomic mass is 10.0. The van der Waals surface area contributed by atoms with E-state index in [9.17, 15) is 0 Å². The fraction of sp³-hybridized carbons (Fsp3) is 0.750. The molecule has 1 aliphatic rings. The molecule has 2 heterocycles. The Morgan fingerprint density at radius 2 is 2.50 bits per heavy atom. The summed E-state index contributed by atoms with van der Waals surface area (Å²) < 4.78 is 7.70. The van der Waals surface area contributed by atoms with Crippen molar-refractivity contribution in [1.29, 1.82) is 0 Å². The third kappa shape index (κ3) is 2.98. The molecule has 0 aromatic carbocycles. The minimum Gasteiger partial charge on any atom is -0.465 e. The van der Waals surface area contributed by atoms with Crippen LogP contribution in [0.2, 0.25) is 0 Å². The van der Waals surface area contributed by atoms with Crippen molar-refractivity contribution in [3.8, 4) is 6.01 Å². The van der Waals surface area contributed by atoms with E-state index in [2.05, 4.69) is 17.2 Å². The first kappa shape index (κ1) is 11.5. The molecule has 1 atom stereocenters. The van der Waals surface area contributed by atoms with E-state index in [1.54, 1.807) is 6.20 Å². The molecule has 1 N–H and O–H groups in total. The van der Waals surface area contributed by atoms with Gasteiger partial charge in [0.2, 0.25) is 0 Å². The number of piperidine rings is 1. The third-order valence-corrected chi connectivity index (χ3v) is 3.13. The van der Waals surface area contributed by atoms with Crippen LogP contribution in [0.15, 0.2) is 12.4 Å². The molecule has 1 unspecified atom stereocenters. The monoisotopic (exact) mass is 223 g/mol. The highest BCUT2D eigenvalue weighted by Crippen LogP contribution is 2.12. The average molecular weight is 223 g/mol. The van der Waals surface area contributed by atoms with Gasteiger partial charge in [-0.05, 0) is 32.7 Å². The molecular weight excluding hydrogens is 202 g/mol. The molecule has 90 valence electrons. The van der Waals surface area contributed by atoms with Gasteiger partial charge in [0, 0.05) is 25.0 Å². The Morgan fingerprint density at radius 3 is 3.25 bits per heavy atom. The van der Waals surface area contributed by atoms with Crippen LogP contribution in [0.4, 0.5) is 0 Å². The minimum atomic E-state index is 0.638. The highest BCUT2D eigenvalue weighted by atomic mass is 16.5. The summed E-state index contributed by atoms with van der Waals surface area (Å²) in [6, 6.07) is 1.39. The quantitative estimate of drug-likeness (QED) is 0.827. The van der Waals surface area contributed by atoms with Crippen molar-refractivity contribution in [3.63, 3.8) is 0 Å². The van der Waals surface area contributed by atoms with E-state index in [1.807, 2.05) is 10.8 Å². The second kappa shape index (κ2) is 5.89. The molecule has 1 aromatic heterocycles. The smallest absolute Gasteiger partial charge is 0.296 e. The van der Waals surface area contributed by atoms with Crippen LogP contribution in [0.5, 0.6) is 6.01 Å². The molecule has 1 fully saturated rings. The van der Waals surface area contributed by atoms with E-state index < -0.39 is 0 Å². The average Bonchev–Trinajstić information content (AvgIpc) is 2.78. The van der Waals surface area contributed by atoms with Crippen molar-refractivity contribution >= 4 is 0 Å². The van der Waals surface area contributed by atoms with Crippen molar-refractivity contribution in [3.05, 3.63) is 12.4 Å². The minimum absolute atomic E-state index is 0.638. The zero-order chi connectivity index (χ0) is 11.2. The van der Waals surface area contributed by atoms with Crippen LogP contribution in [0.25, 0.3) is 0 Å². The lowest BCUT2D eigenvalue weighted by molar-refractivity contribution is 0.244. The summed E-state index contributed by atoms with van der Waals surface area (Å²) in [5.41, 5.74) is 0. The molecule has 0 spiro atoms. The van der Waals surface area contributed by atoms with Crippen molar-refractivity contribution in [2.24, 2.45) is 0 Å². The fourth-order valence-electron chi connectivity index (χ4n) is 2.14. The summed E-state index contributed by atoms with van der Waals surface area (Å²) in [6.07, 6.45) is 8.77. The molecule has 0 bridgehead atoms. The summed E-state index contributed by atoms with van der Waals surface area (Å²) in [6.45, 7) is 4.93. The molecule has 0 amide bonds. The van der Waals surface area contributed by atoms with Gasteiger partial charge in [0.05, 0.1) is 6.61 Å². The van der Waals surface area contributed by atoms with E-state index >= 15 is 0 Å². The maximum atomic E-state index is 5.68. The van der Waals surface area contributed by atoms with Crippen LogP contribution < -0.4 is 10.1 Å². The molecular formula is C12H21N3O. The molecule has 0 aliphatic carbocycles. The van der Waals surface area contributed by atoms with Crippen LogP contribution >= 0.6 is 0 Å². The first-order chi connectivity index (χ1) is 7.90. The highest BCUT2D eigenvalue weighted by Gasteiger charge is 2.12. The summed E-state index contributed by atoms with van der Waals surface area (Å²) in [7, 11) is 0. The predicted molar refractivity (Wildman–Crippen MR) is 63.7 cm³/mol. The Morgan fingerprint density at radius 1 is 1.56 bits per heavy atom. The number of hydrogen-bond donors (Lipinski definition) is 1. The maximum Gasteiger partial charge on any atom is 0.296 e. The zero-order valence-electron chi connectivity index (χ0n) is 9.98. The summed E-state index contributed by atoms with van der Waals surface area (Å²) in [5, 5.41) is 3.52. The molecule has 16 heavy (non-hydrogen) atoms. The van der Waals surface area contributed by atoms with E-state index in [0.29, 0.717) is 6.04 Å². The number of ether oxygens (including phenoxy) is 1. The lowest BCUT2D eigenvalue weighted by Gasteiger charge is -2.23. The SMILES string of the molecule is CCn1ccnc1OCCC1CCCCN1. The Balaban J connectivity index is 1.71. The van der Waals surface area contributed by atoms with Gasteiger partial charge in [-0.3, -0.25) is 0 Å². The molecule has 2 rings (SSSR count). The van der Waals surface area contributed by atoms with E-state index in [0.717, 1.165) is 32.1 Å². The number of aromatic nitrogens is 2. The number of rotatable bonds is 5. The first-order valence-electron chi connectivity index (χ1n) is 6.27. The number of aryl methyl sites for hydroxylation is 1. The van der Waals surface area contributed by atoms with Gasteiger partial charge in [-0.2, -0.15) is 0 Å². The Hall–Kier alpha value is -1.03. The molecule has 0 radical (unpaired) electrons. The zero-order valence-corrected chi connectivity index (χ0v) is 9.98. The van der Waals surface area contributed by atoms with Gasteiger partial charge in [-0.25, -0.2) is 4.98 Å². The third-order valence-electron chi connectivity index (χ3n) is 3.13. The number of imidazole rings is 1. The van der Waals surface area contributed by atoms with Gasteiger partial charge < -0.3 is 14.6 Å². The van der Waals surface area contributed by atoms with Crippen LogP contribution in [-0.4, -0.2) is 28.7 Å². The van der Waals surface area contributed by atoms with Crippen molar-refractivity contribution in [2.75, 3.05) is 13.2 Å². The first-order valence-corrected chi connectivity index (χ1v) is 6.27. The van der Waals surface area contributed by atoms with Crippen LogP contribution in [-0.2, 0) is 6.54 Å². The van der Waals surface area contributed by atoms with Gasteiger partial charge in [-0.15, -0.1) is 0 Å². The summed E-state index contributed by atoms with van der Waals surface area (Å²) in [4.78, 5) is 4.19. The number of hydrogen-bond acceptors (Lipinski definition) is 3. The Labute approximate surface area is 97.0 Å². The summed E-state index contributed by atoms with van der Waals surface area (Å²) in [5.74, 6) is 0. The van der Waals surface area contributed by atoms with Gasteiger partial charge in [-0.1, -0.05) is 6.42 Å². The van der Waals surface area contributed by atoms with Gasteiger partial charge in [0.25, 0.3) is 6.01 Å². The van der Waals surface area contributed by atoms with Gasteiger partial charge in [0.15, 0.2) is 0 Å². The van der Waals surface area contributed by atoms with E-state index in [4.69, 9.17) is 4.74 Å². The van der Waals surface area contributed by atoms with E-state index in [1.165, 1.54) is 19.3 Å². The molecule has 0 saturated carbocycles. The molecule has 4 heteroatoms. The lowest BCUT2D eigenvalue weighted by Crippen LogP contribution is -2.35. The molecule has 4 nitrogen and oxygen atoms in total. The van der Waals surface area contributed by atoms with Crippen molar-refractivity contribution in [1.82, 2.24) is 14.9 Å².